The van der Waals surface area contributed by atoms with Crippen molar-refractivity contribution in [2.24, 2.45) is 0 Å². The van der Waals surface area contributed by atoms with Gasteiger partial charge in [-0.15, -0.1) is 0 Å². The molecular weight excluding hydrogens is 377 g/mol. The number of nitro benzene ring substituents is 1. The molecule has 0 saturated carbocycles. The Morgan fingerprint density at radius 1 is 0.621 bits per heavy atom. The van der Waals surface area contributed by atoms with Crippen LogP contribution in [-0.4, -0.2) is 4.92 Å². The van der Waals surface area contributed by atoms with Crippen LogP contribution >= 0.6 is 7.26 Å². The summed E-state index contributed by atoms with van der Waals surface area (Å²) in [5.41, 5.74) is 0.834. The number of hydrogen-bond acceptors (Lipinski definition) is 2. The van der Waals surface area contributed by atoms with Crippen LogP contribution in [0.1, 0.15) is 5.56 Å². The van der Waals surface area contributed by atoms with Crippen LogP contribution in [0, 0.1) is 17.0 Å². The normalized spacial score (nSPS) is 11.2. The summed E-state index contributed by atoms with van der Waals surface area (Å²) in [4.78, 5) is 11.4. The van der Waals surface area contributed by atoms with Crippen LogP contribution in [0.3, 0.4) is 0 Å². The summed E-state index contributed by atoms with van der Waals surface area (Å²) in [5.74, 6) is 0. The Morgan fingerprint density at radius 2 is 1.03 bits per heavy atom. The Morgan fingerprint density at radius 3 is 1.41 bits per heavy atom. The Hall–Kier alpha value is -3.29. The number of rotatable bonds is 5. The van der Waals surface area contributed by atoms with Crippen LogP contribution in [0.25, 0.3) is 0 Å². The fourth-order valence-corrected chi connectivity index (χ4v) is 8.11. The molecule has 29 heavy (non-hydrogen) atoms. The Kier molecular flexibility index (Phi) is 5.24. The molecule has 0 unspecified atom stereocenters. The van der Waals surface area contributed by atoms with E-state index in [9.17, 15) is 10.1 Å². The molecule has 0 saturated heterocycles. The maximum Gasteiger partial charge on any atom is 0.276 e. The van der Waals surface area contributed by atoms with Crippen LogP contribution < -0.4 is 21.2 Å². The molecule has 0 heterocycles. The lowest BCUT2D eigenvalue weighted by molar-refractivity contribution is -0.385. The third-order valence-corrected chi connectivity index (χ3v) is 9.48. The Balaban J connectivity index is 2.15. The molecule has 0 aliphatic heterocycles. The minimum Gasteiger partial charge on any atom is -0.258 e. The SMILES string of the molecule is Cc1ccc([P+](c2ccccc2)(c2ccccc2)c2ccccc2)cc1[N+](=O)[O-]. The molecule has 142 valence electrons. The number of benzene rings is 4. The van der Waals surface area contributed by atoms with E-state index in [0.717, 1.165) is 5.30 Å². The van der Waals surface area contributed by atoms with Gasteiger partial charge in [0, 0.05) is 5.56 Å². The van der Waals surface area contributed by atoms with Crippen LogP contribution in [0.2, 0.25) is 0 Å². The second kappa shape index (κ2) is 7.98. The van der Waals surface area contributed by atoms with Gasteiger partial charge in [-0.2, -0.15) is 0 Å². The van der Waals surface area contributed by atoms with E-state index in [1.165, 1.54) is 15.9 Å². The topological polar surface area (TPSA) is 43.1 Å². The van der Waals surface area contributed by atoms with Crippen molar-refractivity contribution in [2.75, 3.05) is 0 Å². The van der Waals surface area contributed by atoms with Gasteiger partial charge in [0.2, 0.25) is 0 Å². The van der Waals surface area contributed by atoms with Gasteiger partial charge in [0.1, 0.15) is 28.5 Å². The minimum absolute atomic E-state index is 0.162. The van der Waals surface area contributed by atoms with E-state index in [0.29, 0.717) is 5.56 Å². The lowest BCUT2D eigenvalue weighted by Gasteiger charge is -2.27. The van der Waals surface area contributed by atoms with E-state index in [1.54, 1.807) is 13.0 Å². The molecule has 4 heteroatoms. The first-order valence-electron chi connectivity index (χ1n) is 9.45. The molecule has 3 nitrogen and oxygen atoms in total. The predicted octanol–water partition coefficient (Wildman–Crippen LogP) is 4.52. The van der Waals surface area contributed by atoms with Gasteiger partial charge in [0.15, 0.2) is 0 Å². The van der Waals surface area contributed by atoms with Gasteiger partial charge in [-0.1, -0.05) is 54.6 Å². The average molecular weight is 398 g/mol. The maximum atomic E-state index is 11.7. The third kappa shape index (κ3) is 3.35. The van der Waals surface area contributed by atoms with Crippen LogP contribution in [-0.2, 0) is 0 Å². The number of nitro groups is 1. The van der Waals surface area contributed by atoms with Crippen molar-refractivity contribution in [1.82, 2.24) is 0 Å². The van der Waals surface area contributed by atoms with Crippen molar-refractivity contribution in [3.05, 3.63) is 125 Å². The number of hydrogen-bond donors (Lipinski definition) is 0. The van der Waals surface area contributed by atoms with Gasteiger partial charge in [0.05, 0.1) is 11.0 Å². The molecule has 4 aromatic carbocycles. The van der Waals surface area contributed by atoms with E-state index in [2.05, 4.69) is 42.5 Å². The molecule has 0 amide bonds. The predicted molar refractivity (Wildman–Crippen MR) is 123 cm³/mol. The zero-order chi connectivity index (χ0) is 20.3. The Bertz CT molecular complexity index is 1030. The van der Waals surface area contributed by atoms with Gasteiger partial charge in [-0.25, -0.2) is 0 Å². The quantitative estimate of drug-likeness (QED) is 0.282. The summed E-state index contributed by atoms with van der Waals surface area (Å²) < 4.78 is 0. The highest BCUT2D eigenvalue weighted by Gasteiger charge is 2.48. The molecule has 0 atom stereocenters. The fourth-order valence-electron chi connectivity index (χ4n) is 3.85. The summed E-state index contributed by atoms with van der Waals surface area (Å²) in [5, 5.41) is 16.2. The molecule has 0 spiro atoms. The molecule has 0 aromatic heterocycles. The Labute approximate surface area is 171 Å². The third-order valence-electron chi connectivity index (χ3n) is 5.21. The van der Waals surface area contributed by atoms with Crippen molar-refractivity contribution in [3.8, 4) is 0 Å². The van der Waals surface area contributed by atoms with E-state index in [4.69, 9.17) is 0 Å². The van der Waals surface area contributed by atoms with E-state index in [1.807, 2.05) is 60.7 Å². The number of nitrogens with zero attached hydrogens (tertiary/aromatic N) is 1. The molecule has 0 N–H and O–H groups in total. The van der Waals surface area contributed by atoms with Crippen molar-refractivity contribution in [1.29, 1.82) is 0 Å². The van der Waals surface area contributed by atoms with E-state index in [-0.39, 0.29) is 10.6 Å². The first kappa shape index (κ1) is 19.0. The molecule has 4 rings (SSSR count). The summed E-state index contributed by atoms with van der Waals surface area (Å²) in [6, 6.07) is 36.8. The molecular formula is C25H21NO2P+. The van der Waals surface area contributed by atoms with Gasteiger partial charge in [-0.3, -0.25) is 10.1 Å². The zero-order valence-corrected chi connectivity index (χ0v) is 17.0. The standard InChI is InChI=1S/C25H21NO2P/c1-20-17-18-24(19-25(20)26(27)28)29(21-11-5-2-6-12-21,22-13-7-3-8-14-22)23-15-9-4-10-16-23/h2-19H,1H3/q+1. The van der Waals surface area contributed by atoms with Crippen LogP contribution in [0.15, 0.2) is 109 Å². The first-order valence-corrected chi connectivity index (χ1v) is 11.2. The van der Waals surface area contributed by atoms with Gasteiger partial charge in [-0.05, 0) is 55.5 Å². The molecule has 4 aromatic rings. The molecule has 0 aliphatic carbocycles. The van der Waals surface area contributed by atoms with E-state index < -0.39 is 7.26 Å². The second-order valence-corrected chi connectivity index (χ2v) is 10.3. The smallest absolute Gasteiger partial charge is 0.258 e. The molecule has 0 fully saturated rings. The van der Waals surface area contributed by atoms with Crippen molar-refractivity contribution in [3.63, 3.8) is 0 Å². The highest BCUT2D eigenvalue weighted by atomic mass is 31.2. The van der Waals surface area contributed by atoms with Crippen molar-refractivity contribution in [2.45, 2.75) is 6.92 Å². The molecule has 0 bridgehead atoms. The lowest BCUT2D eigenvalue weighted by Crippen LogP contribution is -2.38. The minimum atomic E-state index is -2.30. The zero-order valence-electron chi connectivity index (χ0n) is 16.1. The number of aryl methyl sites for hydroxylation is 1. The summed E-state index contributed by atoms with van der Waals surface area (Å²) in [6.45, 7) is 1.79. The van der Waals surface area contributed by atoms with Crippen molar-refractivity contribution >= 4 is 34.2 Å². The van der Waals surface area contributed by atoms with Crippen LogP contribution in [0.4, 0.5) is 5.69 Å². The largest absolute Gasteiger partial charge is 0.276 e. The van der Waals surface area contributed by atoms with Crippen LogP contribution in [0.5, 0.6) is 0 Å². The van der Waals surface area contributed by atoms with Gasteiger partial charge in [0.25, 0.3) is 5.69 Å². The molecule has 0 radical (unpaired) electrons. The lowest BCUT2D eigenvalue weighted by atomic mass is 10.2. The first-order chi connectivity index (χ1) is 14.1. The maximum absolute atomic E-state index is 11.7. The average Bonchev–Trinajstić information content (AvgIpc) is 2.77. The van der Waals surface area contributed by atoms with Crippen molar-refractivity contribution < 1.29 is 4.92 Å². The van der Waals surface area contributed by atoms with Gasteiger partial charge < -0.3 is 0 Å². The fraction of sp³-hybridized carbons (Fsp3) is 0.0400. The second-order valence-electron chi connectivity index (χ2n) is 6.91. The highest BCUT2D eigenvalue weighted by Crippen LogP contribution is 2.54. The summed E-state index contributed by atoms with van der Waals surface area (Å²) >= 11 is 0. The highest BCUT2D eigenvalue weighted by molar-refractivity contribution is 8.01. The van der Waals surface area contributed by atoms with E-state index >= 15 is 0 Å². The summed E-state index contributed by atoms with van der Waals surface area (Å²) in [7, 11) is -2.30. The summed E-state index contributed by atoms with van der Waals surface area (Å²) in [6.07, 6.45) is 0. The molecule has 0 aliphatic rings. The monoisotopic (exact) mass is 398 g/mol. The van der Waals surface area contributed by atoms with Gasteiger partial charge >= 0.3 is 0 Å².